The van der Waals surface area contributed by atoms with Crippen molar-refractivity contribution in [3.05, 3.63) is 12.3 Å². The van der Waals surface area contributed by atoms with Crippen LogP contribution in [0.15, 0.2) is 12.3 Å². The van der Waals surface area contributed by atoms with Crippen LogP contribution < -0.4 is 5.32 Å². The first kappa shape index (κ1) is 14.2. The molecule has 0 aliphatic carbocycles. The molecular weight excluding hydrogens is 234 g/mol. The molecule has 1 amide bonds. The highest BCUT2D eigenvalue weighted by Gasteiger charge is 2.26. The quantitative estimate of drug-likeness (QED) is 0.837. The number of aliphatic carboxylic acids is 1. The van der Waals surface area contributed by atoms with Crippen molar-refractivity contribution in [3.8, 4) is 0 Å². The van der Waals surface area contributed by atoms with Crippen LogP contribution in [-0.4, -0.2) is 26.8 Å². The Kier molecular flexibility index (Phi) is 4.47. The number of amides is 1. The van der Waals surface area contributed by atoms with E-state index in [0.717, 1.165) is 0 Å². The van der Waals surface area contributed by atoms with Crippen LogP contribution in [0, 0.1) is 11.8 Å². The van der Waals surface area contributed by atoms with Crippen LogP contribution in [-0.2, 0) is 9.59 Å². The Balaban J connectivity index is 2.66. The van der Waals surface area contributed by atoms with Gasteiger partial charge in [0.1, 0.15) is 0 Å². The molecule has 18 heavy (non-hydrogen) atoms. The third kappa shape index (κ3) is 3.32. The zero-order valence-corrected chi connectivity index (χ0v) is 11.0. The Bertz CT molecular complexity index is 440. The maximum atomic E-state index is 11.8. The van der Waals surface area contributed by atoms with Crippen molar-refractivity contribution in [2.45, 2.75) is 33.7 Å². The molecule has 1 rings (SSSR count). The molecule has 2 atom stereocenters. The maximum absolute atomic E-state index is 11.8. The zero-order chi connectivity index (χ0) is 13.9. The predicted octanol–water partition coefficient (Wildman–Crippen LogP) is 1.76. The first-order chi connectivity index (χ1) is 8.32. The van der Waals surface area contributed by atoms with Gasteiger partial charge in [-0.25, -0.2) is 0 Å². The summed E-state index contributed by atoms with van der Waals surface area (Å²) in [5, 5.41) is 15.6. The molecule has 1 aromatic rings. The van der Waals surface area contributed by atoms with E-state index in [9.17, 15) is 9.59 Å². The van der Waals surface area contributed by atoms with Crippen LogP contribution in [0.2, 0.25) is 0 Å². The van der Waals surface area contributed by atoms with Gasteiger partial charge < -0.3 is 10.4 Å². The van der Waals surface area contributed by atoms with E-state index in [4.69, 9.17) is 5.11 Å². The van der Waals surface area contributed by atoms with E-state index in [1.54, 1.807) is 23.9 Å². The summed E-state index contributed by atoms with van der Waals surface area (Å²) < 4.78 is 1.72. The average Bonchev–Trinajstić information content (AvgIpc) is 2.75. The molecular formula is C12H19N3O3. The van der Waals surface area contributed by atoms with Crippen molar-refractivity contribution in [2.24, 2.45) is 11.8 Å². The fourth-order valence-electron chi connectivity index (χ4n) is 1.37. The van der Waals surface area contributed by atoms with Crippen molar-refractivity contribution in [2.75, 3.05) is 5.32 Å². The Hall–Kier alpha value is -1.85. The lowest BCUT2D eigenvalue weighted by atomic mass is 9.95. The largest absolute Gasteiger partial charge is 0.481 e. The number of aromatic nitrogens is 2. The molecule has 0 spiro atoms. The SMILES string of the molecule is CC(C(=O)O)C(C)C(=O)Nc1ccn(C(C)C)n1. The van der Waals surface area contributed by atoms with Crippen molar-refractivity contribution in [1.29, 1.82) is 0 Å². The Morgan fingerprint density at radius 2 is 1.89 bits per heavy atom. The Morgan fingerprint density at radius 3 is 2.33 bits per heavy atom. The first-order valence-electron chi connectivity index (χ1n) is 5.91. The summed E-state index contributed by atoms with van der Waals surface area (Å²) in [6.07, 6.45) is 1.77. The van der Waals surface area contributed by atoms with Crippen molar-refractivity contribution in [1.82, 2.24) is 9.78 Å². The van der Waals surface area contributed by atoms with E-state index in [1.165, 1.54) is 6.92 Å². The van der Waals surface area contributed by atoms with Crippen LogP contribution in [0.5, 0.6) is 0 Å². The number of hydrogen-bond acceptors (Lipinski definition) is 3. The minimum atomic E-state index is -0.981. The van der Waals surface area contributed by atoms with Crippen LogP contribution in [0.3, 0.4) is 0 Å². The highest BCUT2D eigenvalue weighted by atomic mass is 16.4. The number of carbonyl (C=O) groups is 2. The smallest absolute Gasteiger partial charge is 0.307 e. The van der Waals surface area contributed by atoms with Crippen LogP contribution in [0.25, 0.3) is 0 Å². The molecule has 0 aromatic carbocycles. The maximum Gasteiger partial charge on any atom is 0.307 e. The summed E-state index contributed by atoms with van der Waals surface area (Å²) in [6, 6.07) is 1.90. The molecule has 1 aromatic heterocycles. The summed E-state index contributed by atoms with van der Waals surface area (Å²) in [5.74, 6) is -2.20. The number of nitrogens with zero attached hydrogens (tertiary/aromatic N) is 2. The van der Waals surface area contributed by atoms with Crippen LogP contribution >= 0.6 is 0 Å². The van der Waals surface area contributed by atoms with Gasteiger partial charge in [-0.15, -0.1) is 0 Å². The lowest BCUT2D eigenvalue weighted by Crippen LogP contribution is -2.30. The average molecular weight is 253 g/mol. The van der Waals surface area contributed by atoms with E-state index in [1.807, 2.05) is 13.8 Å². The molecule has 2 unspecified atom stereocenters. The molecule has 6 nitrogen and oxygen atoms in total. The minimum Gasteiger partial charge on any atom is -0.481 e. The summed E-state index contributed by atoms with van der Waals surface area (Å²) in [4.78, 5) is 22.6. The molecule has 0 saturated carbocycles. The summed E-state index contributed by atoms with van der Waals surface area (Å²) in [7, 11) is 0. The second-order valence-electron chi connectivity index (χ2n) is 4.68. The van der Waals surface area contributed by atoms with Gasteiger partial charge in [0.15, 0.2) is 5.82 Å². The highest BCUT2D eigenvalue weighted by molar-refractivity contribution is 5.93. The first-order valence-corrected chi connectivity index (χ1v) is 5.91. The molecule has 0 fully saturated rings. The number of carboxylic acid groups (broad SMARTS) is 1. The Morgan fingerprint density at radius 1 is 1.28 bits per heavy atom. The summed E-state index contributed by atoms with van der Waals surface area (Å²) >= 11 is 0. The van der Waals surface area contributed by atoms with Crippen LogP contribution in [0.1, 0.15) is 33.7 Å². The van der Waals surface area contributed by atoms with Gasteiger partial charge >= 0.3 is 5.97 Å². The van der Waals surface area contributed by atoms with Gasteiger partial charge in [-0.2, -0.15) is 5.10 Å². The van der Waals surface area contributed by atoms with E-state index >= 15 is 0 Å². The van der Waals surface area contributed by atoms with Crippen molar-refractivity contribution < 1.29 is 14.7 Å². The number of nitrogens with one attached hydrogen (secondary N) is 1. The lowest BCUT2D eigenvalue weighted by molar-refractivity contribution is -0.145. The molecule has 0 saturated heterocycles. The molecule has 6 heteroatoms. The standard InChI is InChI=1S/C12H19N3O3/c1-7(2)15-6-5-10(14-15)13-11(16)8(3)9(4)12(17)18/h5-9H,1-4H3,(H,17,18)(H,13,14,16). The van der Waals surface area contributed by atoms with E-state index in [2.05, 4.69) is 10.4 Å². The second-order valence-corrected chi connectivity index (χ2v) is 4.68. The van der Waals surface area contributed by atoms with Gasteiger partial charge in [0.25, 0.3) is 0 Å². The monoisotopic (exact) mass is 253 g/mol. The third-order valence-electron chi connectivity index (χ3n) is 2.94. The second kappa shape index (κ2) is 5.66. The number of rotatable bonds is 5. The van der Waals surface area contributed by atoms with Gasteiger partial charge in [0.2, 0.25) is 5.91 Å². The lowest BCUT2D eigenvalue weighted by Gasteiger charge is -2.14. The number of hydrogen-bond donors (Lipinski definition) is 2. The van der Waals surface area contributed by atoms with Gasteiger partial charge in [0, 0.05) is 24.2 Å². The fourth-order valence-corrected chi connectivity index (χ4v) is 1.37. The fraction of sp³-hybridized carbons (Fsp3) is 0.583. The van der Waals surface area contributed by atoms with E-state index in [-0.39, 0.29) is 11.9 Å². The van der Waals surface area contributed by atoms with E-state index in [0.29, 0.717) is 5.82 Å². The number of anilines is 1. The molecule has 2 N–H and O–H groups in total. The zero-order valence-electron chi connectivity index (χ0n) is 11.0. The molecule has 0 aliphatic rings. The van der Waals surface area contributed by atoms with Gasteiger partial charge in [-0.05, 0) is 13.8 Å². The third-order valence-corrected chi connectivity index (χ3v) is 2.94. The molecule has 0 bridgehead atoms. The van der Waals surface area contributed by atoms with Gasteiger partial charge in [-0.3, -0.25) is 14.3 Å². The van der Waals surface area contributed by atoms with E-state index < -0.39 is 17.8 Å². The molecule has 0 aliphatic heterocycles. The highest BCUT2D eigenvalue weighted by Crippen LogP contribution is 2.15. The van der Waals surface area contributed by atoms with Gasteiger partial charge in [0.05, 0.1) is 5.92 Å². The molecule has 1 heterocycles. The van der Waals surface area contributed by atoms with Gasteiger partial charge in [-0.1, -0.05) is 13.8 Å². The normalized spacial score (nSPS) is 14.3. The predicted molar refractivity (Wildman–Crippen MR) is 67.2 cm³/mol. The molecule has 0 radical (unpaired) electrons. The van der Waals surface area contributed by atoms with Crippen molar-refractivity contribution in [3.63, 3.8) is 0 Å². The number of carbonyl (C=O) groups excluding carboxylic acids is 1. The number of carboxylic acids is 1. The summed E-state index contributed by atoms with van der Waals surface area (Å²) in [6.45, 7) is 7.06. The van der Waals surface area contributed by atoms with Crippen molar-refractivity contribution >= 4 is 17.7 Å². The Labute approximate surface area is 106 Å². The summed E-state index contributed by atoms with van der Waals surface area (Å²) in [5.41, 5.74) is 0. The molecule has 100 valence electrons. The topological polar surface area (TPSA) is 84.2 Å². The van der Waals surface area contributed by atoms with Crippen LogP contribution in [0.4, 0.5) is 5.82 Å². The minimum absolute atomic E-state index is 0.214.